The molecule has 5 heteroatoms. The van der Waals surface area contributed by atoms with Gasteiger partial charge in [0.2, 0.25) is 5.91 Å². The van der Waals surface area contributed by atoms with Crippen LogP contribution in [-0.2, 0) is 4.79 Å². The van der Waals surface area contributed by atoms with Gasteiger partial charge in [-0.2, -0.15) is 5.26 Å². The number of nitrogens with one attached hydrogen (secondary N) is 1. The highest BCUT2D eigenvalue weighted by Gasteiger charge is 2.07. The van der Waals surface area contributed by atoms with E-state index in [0.29, 0.717) is 30.9 Å². The third-order valence-corrected chi connectivity index (χ3v) is 2.22. The Morgan fingerprint density at radius 2 is 2.39 bits per heavy atom. The monoisotopic (exact) mass is 247 g/mol. The molecule has 1 atom stereocenters. The van der Waals surface area contributed by atoms with E-state index < -0.39 is 6.04 Å². The predicted molar refractivity (Wildman–Crippen MR) is 69.1 cm³/mol. The number of hydrogen-bond acceptors (Lipinski definition) is 4. The second-order valence-electron chi connectivity index (χ2n) is 3.92. The molecule has 0 saturated carbocycles. The molecular weight excluding hydrogens is 230 g/mol. The summed E-state index contributed by atoms with van der Waals surface area (Å²) >= 11 is 0. The molecule has 0 aliphatic carbocycles. The lowest BCUT2D eigenvalue weighted by atomic mass is 10.2. The van der Waals surface area contributed by atoms with E-state index in [1.165, 1.54) is 0 Å². The molecular formula is C13H17N3O2. The van der Waals surface area contributed by atoms with Crippen molar-refractivity contribution in [2.45, 2.75) is 25.8 Å². The van der Waals surface area contributed by atoms with Crippen molar-refractivity contribution >= 4 is 11.6 Å². The number of nitrogens with zero attached hydrogens (tertiary/aromatic N) is 1. The van der Waals surface area contributed by atoms with Crippen LogP contribution in [0.1, 0.15) is 19.8 Å². The highest BCUT2D eigenvalue weighted by molar-refractivity contribution is 5.94. The van der Waals surface area contributed by atoms with Crippen LogP contribution < -0.4 is 15.8 Å². The van der Waals surface area contributed by atoms with Crippen LogP contribution in [0.4, 0.5) is 5.69 Å². The minimum absolute atomic E-state index is 0.239. The standard InChI is InChI=1S/C13H17N3O2/c1-10(15)13(17)16-11-5-4-6-12(9-11)18-8-3-2-7-14/h4-6,9-10H,2-3,8,15H2,1H3,(H,16,17)/t10-/m0/s1. The second kappa shape index (κ2) is 7.30. The van der Waals surface area contributed by atoms with Crippen molar-refractivity contribution in [3.8, 4) is 11.8 Å². The minimum atomic E-state index is -0.551. The van der Waals surface area contributed by atoms with Gasteiger partial charge in [-0.25, -0.2) is 0 Å². The third kappa shape index (κ3) is 4.85. The van der Waals surface area contributed by atoms with Gasteiger partial charge in [0.25, 0.3) is 0 Å². The molecule has 0 unspecified atom stereocenters. The zero-order valence-corrected chi connectivity index (χ0v) is 10.3. The quantitative estimate of drug-likeness (QED) is 0.748. The maximum atomic E-state index is 11.4. The molecule has 5 nitrogen and oxygen atoms in total. The van der Waals surface area contributed by atoms with Gasteiger partial charge in [0, 0.05) is 18.2 Å². The fraction of sp³-hybridized carbons (Fsp3) is 0.385. The van der Waals surface area contributed by atoms with Crippen LogP contribution in [-0.4, -0.2) is 18.6 Å². The zero-order valence-electron chi connectivity index (χ0n) is 10.3. The fourth-order valence-electron chi connectivity index (χ4n) is 1.26. The molecule has 1 aromatic carbocycles. The van der Waals surface area contributed by atoms with Gasteiger partial charge in [-0.05, 0) is 25.5 Å². The molecule has 0 saturated heterocycles. The zero-order chi connectivity index (χ0) is 13.4. The van der Waals surface area contributed by atoms with Crippen molar-refractivity contribution < 1.29 is 9.53 Å². The number of rotatable bonds is 6. The van der Waals surface area contributed by atoms with E-state index in [1.54, 1.807) is 31.2 Å². The summed E-state index contributed by atoms with van der Waals surface area (Å²) < 4.78 is 5.46. The molecule has 1 aromatic rings. The lowest BCUT2D eigenvalue weighted by Crippen LogP contribution is -2.32. The van der Waals surface area contributed by atoms with E-state index in [2.05, 4.69) is 11.4 Å². The van der Waals surface area contributed by atoms with Gasteiger partial charge in [-0.15, -0.1) is 0 Å². The van der Waals surface area contributed by atoms with E-state index in [-0.39, 0.29) is 5.91 Å². The Kier molecular flexibility index (Phi) is 5.68. The van der Waals surface area contributed by atoms with E-state index in [0.717, 1.165) is 0 Å². The predicted octanol–water partition coefficient (Wildman–Crippen LogP) is 1.65. The number of ether oxygens (including phenoxy) is 1. The molecule has 0 fully saturated rings. The average molecular weight is 247 g/mol. The average Bonchev–Trinajstić information content (AvgIpc) is 2.35. The number of anilines is 1. The smallest absolute Gasteiger partial charge is 0.241 e. The lowest BCUT2D eigenvalue weighted by Gasteiger charge is -2.10. The van der Waals surface area contributed by atoms with Crippen LogP contribution in [0.25, 0.3) is 0 Å². The normalized spacial score (nSPS) is 11.4. The highest BCUT2D eigenvalue weighted by Crippen LogP contribution is 2.17. The van der Waals surface area contributed by atoms with Crippen molar-refractivity contribution in [1.82, 2.24) is 0 Å². The van der Waals surface area contributed by atoms with Crippen LogP contribution in [0.5, 0.6) is 5.75 Å². The van der Waals surface area contributed by atoms with Crippen LogP contribution in [0.2, 0.25) is 0 Å². The number of nitrogens with two attached hydrogens (primary N) is 1. The van der Waals surface area contributed by atoms with Crippen LogP contribution >= 0.6 is 0 Å². The van der Waals surface area contributed by atoms with E-state index in [1.807, 2.05) is 0 Å². The Morgan fingerprint density at radius 1 is 1.61 bits per heavy atom. The summed E-state index contributed by atoms with van der Waals surface area (Å²) in [5, 5.41) is 11.1. The van der Waals surface area contributed by atoms with Crippen LogP contribution in [0.15, 0.2) is 24.3 Å². The van der Waals surface area contributed by atoms with Gasteiger partial charge in [-0.1, -0.05) is 6.07 Å². The molecule has 0 aliphatic rings. The molecule has 18 heavy (non-hydrogen) atoms. The molecule has 0 radical (unpaired) electrons. The molecule has 3 N–H and O–H groups in total. The fourth-order valence-corrected chi connectivity index (χ4v) is 1.26. The van der Waals surface area contributed by atoms with Crippen molar-refractivity contribution in [2.75, 3.05) is 11.9 Å². The summed E-state index contributed by atoms with van der Waals surface area (Å²) in [5.41, 5.74) is 6.11. The minimum Gasteiger partial charge on any atom is -0.493 e. The van der Waals surface area contributed by atoms with Gasteiger partial charge in [0.05, 0.1) is 18.7 Å². The number of unbranched alkanes of at least 4 members (excludes halogenated alkanes) is 1. The Balaban J connectivity index is 2.52. The second-order valence-corrected chi connectivity index (χ2v) is 3.92. The number of nitriles is 1. The third-order valence-electron chi connectivity index (χ3n) is 2.22. The number of carbonyl (C=O) groups is 1. The summed E-state index contributed by atoms with van der Waals surface area (Å²) in [5.74, 6) is 0.423. The van der Waals surface area contributed by atoms with Crippen LogP contribution in [0, 0.1) is 11.3 Å². The van der Waals surface area contributed by atoms with Gasteiger partial charge in [0.15, 0.2) is 0 Å². The molecule has 1 rings (SSSR count). The highest BCUT2D eigenvalue weighted by atomic mass is 16.5. The van der Waals surface area contributed by atoms with Crippen molar-refractivity contribution in [3.05, 3.63) is 24.3 Å². The summed E-state index contributed by atoms with van der Waals surface area (Å²) in [6.07, 6.45) is 1.16. The van der Waals surface area contributed by atoms with Gasteiger partial charge in [0.1, 0.15) is 5.75 Å². The first-order valence-electron chi connectivity index (χ1n) is 5.79. The lowest BCUT2D eigenvalue weighted by molar-refractivity contribution is -0.117. The number of hydrogen-bond donors (Lipinski definition) is 2. The Bertz CT molecular complexity index is 438. The molecule has 0 aliphatic heterocycles. The van der Waals surface area contributed by atoms with E-state index in [9.17, 15) is 4.79 Å². The van der Waals surface area contributed by atoms with Crippen molar-refractivity contribution in [1.29, 1.82) is 5.26 Å². The molecule has 0 heterocycles. The maximum absolute atomic E-state index is 11.4. The van der Waals surface area contributed by atoms with Gasteiger partial charge in [-0.3, -0.25) is 4.79 Å². The first kappa shape index (κ1) is 14.0. The Labute approximate surface area is 107 Å². The number of benzene rings is 1. The Morgan fingerprint density at radius 3 is 3.06 bits per heavy atom. The number of amides is 1. The summed E-state index contributed by atoms with van der Waals surface area (Å²) in [7, 11) is 0. The summed E-state index contributed by atoms with van der Waals surface area (Å²) in [4.78, 5) is 11.4. The molecule has 1 amide bonds. The SMILES string of the molecule is C[C@H](N)C(=O)Nc1cccc(OCCCC#N)c1. The first-order valence-corrected chi connectivity index (χ1v) is 5.79. The molecule has 0 bridgehead atoms. The van der Waals surface area contributed by atoms with E-state index in [4.69, 9.17) is 15.7 Å². The van der Waals surface area contributed by atoms with Gasteiger partial charge >= 0.3 is 0 Å². The topological polar surface area (TPSA) is 88.1 Å². The van der Waals surface area contributed by atoms with Crippen molar-refractivity contribution in [2.24, 2.45) is 5.73 Å². The first-order chi connectivity index (χ1) is 8.63. The van der Waals surface area contributed by atoms with Gasteiger partial charge < -0.3 is 15.8 Å². The summed E-state index contributed by atoms with van der Waals surface area (Å²) in [6.45, 7) is 2.11. The van der Waals surface area contributed by atoms with Crippen molar-refractivity contribution in [3.63, 3.8) is 0 Å². The van der Waals surface area contributed by atoms with E-state index >= 15 is 0 Å². The van der Waals surface area contributed by atoms with Crippen LogP contribution in [0.3, 0.4) is 0 Å². The molecule has 96 valence electrons. The number of carbonyl (C=O) groups excluding carboxylic acids is 1. The summed E-state index contributed by atoms with van der Waals surface area (Å²) in [6, 6.07) is 8.59. The largest absolute Gasteiger partial charge is 0.493 e. The molecule has 0 spiro atoms. The maximum Gasteiger partial charge on any atom is 0.241 e. The Hall–Kier alpha value is -2.06. The molecule has 0 aromatic heterocycles.